The topological polar surface area (TPSA) is 68.3 Å². The van der Waals surface area contributed by atoms with Crippen LogP contribution in [0.15, 0.2) is 29.6 Å². The fourth-order valence-corrected chi connectivity index (χ4v) is 4.00. The molecule has 6 nitrogen and oxygen atoms in total. The molecule has 1 saturated heterocycles. The molecule has 0 radical (unpaired) electrons. The molecule has 1 atom stereocenters. The minimum absolute atomic E-state index is 0.180. The Kier molecular flexibility index (Phi) is 5.13. The molecule has 1 fully saturated rings. The molecule has 1 aliphatic heterocycles. The van der Waals surface area contributed by atoms with E-state index in [1.54, 1.807) is 18.4 Å². The number of pyridine rings is 1. The van der Waals surface area contributed by atoms with Crippen molar-refractivity contribution in [2.75, 3.05) is 25.5 Å². The molecule has 27 heavy (non-hydrogen) atoms. The molecule has 1 aliphatic rings. The Morgan fingerprint density at radius 3 is 2.85 bits per heavy atom. The summed E-state index contributed by atoms with van der Waals surface area (Å²) in [5, 5.41) is 10.6. The van der Waals surface area contributed by atoms with Gasteiger partial charge in [-0.25, -0.2) is 9.97 Å². The number of hydrogen-bond acceptors (Lipinski definition) is 7. The molecule has 0 aliphatic carbocycles. The van der Waals surface area contributed by atoms with Crippen LogP contribution in [0.3, 0.4) is 0 Å². The average molecular weight is 385 g/mol. The molecule has 0 amide bonds. The Hall–Kier alpha value is -2.38. The minimum Gasteiger partial charge on any atom is -0.497 e. The van der Waals surface area contributed by atoms with Gasteiger partial charge < -0.3 is 20.1 Å². The summed E-state index contributed by atoms with van der Waals surface area (Å²) in [7, 11) is 1.66. The van der Waals surface area contributed by atoms with Crippen molar-refractivity contribution in [1.82, 2.24) is 15.3 Å². The van der Waals surface area contributed by atoms with Crippen LogP contribution in [0, 0.1) is 0 Å². The van der Waals surface area contributed by atoms with Gasteiger partial charge in [0.2, 0.25) is 0 Å². The predicted molar refractivity (Wildman–Crippen MR) is 110 cm³/mol. The number of rotatable bonds is 6. The highest BCUT2D eigenvalue weighted by Gasteiger charge is 2.19. The van der Waals surface area contributed by atoms with Gasteiger partial charge in [0.25, 0.3) is 0 Å². The second kappa shape index (κ2) is 7.70. The maximum Gasteiger partial charge on any atom is 0.183 e. The zero-order valence-electron chi connectivity index (χ0n) is 15.8. The third-order valence-electron chi connectivity index (χ3n) is 4.47. The maximum atomic E-state index is 6.31. The maximum absolute atomic E-state index is 6.31. The van der Waals surface area contributed by atoms with Gasteiger partial charge in [-0.1, -0.05) is 0 Å². The highest BCUT2D eigenvalue weighted by atomic mass is 32.1. The van der Waals surface area contributed by atoms with Gasteiger partial charge in [0.15, 0.2) is 5.13 Å². The Labute approximate surface area is 162 Å². The van der Waals surface area contributed by atoms with Gasteiger partial charge in [0.1, 0.15) is 23.3 Å². The Balaban J connectivity index is 1.76. The number of anilines is 1. The van der Waals surface area contributed by atoms with E-state index in [2.05, 4.69) is 29.5 Å². The van der Waals surface area contributed by atoms with Gasteiger partial charge in [-0.15, -0.1) is 11.3 Å². The molecular formula is C20H24N4O2S. The summed E-state index contributed by atoms with van der Waals surface area (Å²) >= 11 is 1.59. The molecule has 142 valence electrons. The van der Waals surface area contributed by atoms with E-state index in [1.807, 2.05) is 29.6 Å². The van der Waals surface area contributed by atoms with E-state index in [1.165, 1.54) is 0 Å². The second-order valence-corrected chi connectivity index (χ2v) is 7.82. The largest absolute Gasteiger partial charge is 0.497 e. The van der Waals surface area contributed by atoms with Gasteiger partial charge in [0.05, 0.1) is 18.3 Å². The number of thiazole rings is 1. The van der Waals surface area contributed by atoms with Crippen LogP contribution in [0.1, 0.15) is 20.3 Å². The first-order chi connectivity index (χ1) is 13.1. The standard InChI is InChI=1S/C20H24N4O2S/c1-12(2)22-20-24-18(11-27-20)17-9-19(26-14-6-7-21-10-14)15-5-4-13(25-3)8-16(15)23-17/h4-5,8-9,11-12,14,21H,6-7,10H2,1-3H3,(H,22,24)/t14-/m1/s1. The summed E-state index contributed by atoms with van der Waals surface area (Å²) in [6, 6.07) is 8.23. The molecule has 0 bridgehead atoms. The van der Waals surface area contributed by atoms with Crippen LogP contribution in [-0.4, -0.2) is 42.3 Å². The fraction of sp³-hybridized carbons (Fsp3) is 0.400. The van der Waals surface area contributed by atoms with Crippen LogP contribution in [0.4, 0.5) is 5.13 Å². The van der Waals surface area contributed by atoms with E-state index in [9.17, 15) is 0 Å². The van der Waals surface area contributed by atoms with Crippen LogP contribution >= 0.6 is 11.3 Å². The number of nitrogens with one attached hydrogen (secondary N) is 2. The van der Waals surface area contributed by atoms with Gasteiger partial charge in [0, 0.05) is 35.5 Å². The highest BCUT2D eigenvalue weighted by molar-refractivity contribution is 7.14. The fourth-order valence-electron chi connectivity index (χ4n) is 3.14. The summed E-state index contributed by atoms with van der Waals surface area (Å²) in [4.78, 5) is 9.51. The third-order valence-corrected chi connectivity index (χ3v) is 5.24. The first kappa shape index (κ1) is 18.0. The summed E-state index contributed by atoms with van der Waals surface area (Å²) < 4.78 is 11.7. The Morgan fingerprint density at radius 2 is 2.11 bits per heavy atom. The lowest BCUT2D eigenvalue weighted by Gasteiger charge is -2.16. The monoisotopic (exact) mass is 384 g/mol. The molecule has 0 saturated carbocycles. The number of ether oxygens (including phenoxy) is 2. The van der Waals surface area contributed by atoms with Crippen molar-refractivity contribution in [2.45, 2.75) is 32.4 Å². The highest BCUT2D eigenvalue weighted by Crippen LogP contribution is 2.34. The number of fused-ring (bicyclic) bond motifs is 1. The van der Waals surface area contributed by atoms with Crippen molar-refractivity contribution < 1.29 is 9.47 Å². The lowest BCUT2D eigenvalue weighted by atomic mass is 10.1. The van der Waals surface area contributed by atoms with Gasteiger partial charge in [-0.3, -0.25) is 0 Å². The lowest BCUT2D eigenvalue weighted by molar-refractivity contribution is 0.226. The Bertz CT molecular complexity index is 935. The van der Waals surface area contributed by atoms with Crippen molar-refractivity contribution in [2.24, 2.45) is 0 Å². The summed E-state index contributed by atoms with van der Waals surface area (Å²) in [5.74, 6) is 1.62. The van der Waals surface area contributed by atoms with E-state index in [4.69, 9.17) is 14.5 Å². The molecule has 2 N–H and O–H groups in total. The zero-order valence-corrected chi connectivity index (χ0v) is 16.6. The van der Waals surface area contributed by atoms with E-state index in [0.29, 0.717) is 6.04 Å². The van der Waals surface area contributed by atoms with Crippen molar-refractivity contribution in [3.8, 4) is 22.9 Å². The number of hydrogen-bond donors (Lipinski definition) is 2. The molecule has 7 heteroatoms. The molecule has 0 unspecified atom stereocenters. The Morgan fingerprint density at radius 1 is 1.22 bits per heavy atom. The third kappa shape index (κ3) is 3.99. The number of aromatic nitrogens is 2. The molecule has 3 heterocycles. The molecule has 3 aromatic rings. The first-order valence-corrected chi connectivity index (χ1v) is 10.1. The van der Waals surface area contributed by atoms with Crippen molar-refractivity contribution in [3.05, 3.63) is 29.6 Å². The molecule has 1 aromatic carbocycles. The van der Waals surface area contributed by atoms with Crippen molar-refractivity contribution >= 4 is 27.4 Å². The van der Waals surface area contributed by atoms with Gasteiger partial charge in [-0.05, 0) is 38.9 Å². The first-order valence-electron chi connectivity index (χ1n) is 9.21. The number of methoxy groups -OCH3 is 1. The van der Waals surface area contributed by atoms with E-state index < -0.39 is 0 Å². The van der Waals surface area contributed by atoms with Gasteiger partial charge in [-0.2, -0.15) is 0 Å². The van der Waals surface area contributed by atoms with Crippen LogP contribution in [0.2, 0.25) is 0 Å². The predicted octanol–water partition coefficient (Wildman–Crippen LogP) is 3.93. The number of nitrogens with zero attached hydrogens (tertiary/aromatic N) is 2. The second-order valence-electron chi connectivity index (χ2n) is 6.96. The van der Waals surface area contributed by atoms with Crippen molar-refractivity contribution in [3.63, 3.8) is 0 Å². The average Bonchev–Trinajstić information content (AvgIpc) is 3.32. The van der Waals surface area contributed by atoms with Crippen LogP contribution in [-0.2, 0) is 0 Å². The van der Waals surface area contributed by atoms with E-state index >= 15 is 0 Å². The SMILES string of the molecule is COc1ccc2c(O[C@@H]3CCNC3)cc(-c3csc(NC(C)C)n3)nc2c1. The molecular weight excluding hydrogens is 360 g/mol. The molecule has 4 rings (SSSR count). The lowest BCUT2D eigenvalue weighted by Crippen LogP contribution is -2.19. The summed E-state index contributed by atoms with van der Waals surface area (Å²) in [6.07, 6.45) is 1.19. The van der Waals surface area contributed by atoms with Crippen LogP contribution < -0.4 is 20.1 Å². The number of benzene rings is 1. The van der Waals surface area contributed by atoms with E-state index in [-0.39, 0.29) is 6.10 Å². The van der Waals surface area contributed by atoms with Crippen LogP contribution in [0.5, 0.6) is 11.5 Å². The summed E-state index contributed by atoms with van der Waals surface area (Å²) in [6.45, 7) is 6.06. The molecule has 0 spiro atoms. The quantitative estimate of drug-likeness (QED) is 0.671. The molecule has 2 aromatic heterocycles. The minimum atomic E-state index is 0.180. The van der Waals surface area contributed by atoms with Gasteiger partial charge >= 0.3 is 0 Å². The van der Waals surface area contributed by atoms with Crippen molar-refractivity contribution in [1.29, 1.82) is 0 Å². The van der Waals surface area contributed by atoms with Crippen LogP contribution in [0.25, 0.3) is 22.3 Å². The van der Waals surface area contributed by atoms with E-state index in [0.717, 1.165) is 58.4 Å². The summed E-state index contributed by atoms with van der Waals surface area (Å²) in [5.41, 5.74) is 2.51. The smallest absolute Gasteiger partial charge is 0.183 e. The zero-order chi connectivity index (χ0) is 18.8. The normalized spacial score (nSPS) is 16.8.